The fourth-order valence-corrected chi connectivity index (χ4v) is 2.49. The van der Waals surface area contributed by atoms with Crippen molar-refractivity contribution in [2.24, 2.45) is 10.2 Å². The molecule has 1 N–H and O–H groups in total. The number of nitrogens with one attached hydrogen (secondary N) is 1. The molecular weight excluding hydrogens is 250 g/mol. The molecule has 0 aromatic carbocycles. The molecule has 2 atom stereocenters. The first kappa shape index (κ1) is 12.6. The highest BCUT2D eigenvalue weighted by molar-refractivity contribution is 7.10. The average molecular weight is 263 g/mol. The van der Waals surface area contributed by atoms with Crippen LogP contribution >= 0.6 is 11.3 Å². The molecule has 0 bridgehead atoms. The number of hydrogen-bond acceptors (Lipinski definition) is 4. The highest BCUT2D eigenvalue weighted by Gasteiger charge is 2.21. The molecule has 0 aliphatic carbocycles. The Morgan fingerprint density at radius 3 is 3.00 bits per heavy atom. The fraction of sp³-hybridized carbons (Fsp3) is 0.333. The summed E-state index contributed by atoms with van der Waals surface area (Å²) < 4.78 is 0. The van der Waals surface area contributed by atoms with E-state index in [9.17, 15) is 9.59 Å². The monoisotopic (exact) mass is 263 g/mol. The maximum Gasteiger partial charge on any atom is 0.287 e. The molecule has 5 nitrogen and oxygen atoms in total. The van der Waals surface area contributed by atoms with Crippen molar-refractivity contribution in [3.05, 3.63) is 34.5 Å². The lowest BCUT2D eigenvalue weighted by Crippen LogP contribution is -2.35. The molecule has 6 heteroatoms. The Balaban J connectivity index is 2.00. The van der Waals surface area contributed by atoms with Crippen LogP contribution in [0.4, 0.5) is 0 Å². The normalized spacial score (nSPS) is 19.8. The summed E-state index contributed by atoms with van der Waals surface area (Å²) in [5.41, 5.74) is 0. The van der Waals surface area contributed by atoms with E-state index in [1.165, 1.54) is 12.2 Å². The summed E-state index contributed by atoms with van der Waals surface area (Å²) in [6, 6.07) is 3.23. The van der Waals surface area contributed by atoms with Gasteiger partial charge in [-0.2, -0.15) is 5.11 Å². The van der Waals surface area contributed by atoms with Gasteiger partial charge < -0.3 is 5.32 Å². The van der Waals surface area contributed by atoms with Gasteiger partial charge >= 0.3 is 0 Å². The second-order valence-electron chi connectivity index (χ2n) is 3.84. The molecule has 1 aromatic heterocycles. The maximum absolute atomic E-state index is 11.9. The van der Waals surface area contributed by atoms with Gasteiger partial charge in [-0.15, -0.1) is 16.5 Å². The summed E-state index contributed by atoms with van der Waals surface area (Å²) in [6.45, 7) is 2.01. The number of amides is 2. The van der Waals surface area contributed by atoms with E-state index in [1.54, 1.807) is 11.3 Å². The van der Waals surface area contributed by atoms with Crippen molar-refractivity contribution < 1.29 is 9.59 Å². The van der Waals surface area contributed by atoms with Crippen molar-refractivity contribution in [2.45, 2.75) is 25.4 Å². The number of carbonyl (C=O) groups is 2. The van der Waals surface area contributed by atoms with Crippen molar-refractivity contribution in [1.29, 1.82) is 0 Å². The van der Waals surface area contributed by atoms with Crippen molar-refractivity contribution in [1.82, 2.24) is 5.32 Å². The highest BCUT2D eigenvalue weighted by Crippen LogP contribution is 2.22. The summed E-state index contributed by atoms with van der Waals surface area (Å²) in [4.78, 5) is 23.9. The Labute approximate surface area is 109 Å². The summed E-state index contributed by atoms with van der Waals surface area (Å²) in [5.74, 6) is -0.660. The molecular formula is C12H13N3O2S. The summed E-state index contributed by atoms with van der Waals surface area (Å²) in [6.07, 6.45) is 3.54. The number of nitrogens with zero attached hydrogens (tertiary/aromatic N) is 2. The van der Waals surface area contributed by atoms with Gasteiger partial charge in [-0.25, -0.2) is 0 Å². The zero-order valence-electron chi connectivity index (χ0n) is 9.87. The molecule has 0 radical (unpaired) electrons. The van der Waals surface area contributed by atoms with Gasteiger partial charge in [-0.1, -0.05) is 13.0 Å². The van der Waals surface area contributed by atoms with Gasteiger partial charge in [0.2, 0.25) is 0 Å². The Kier molecular flexibility index (Phi) is 3.99. The van der Waals surface area contributed by atoms with Crippen LogP contribution in [0.5, 0.6) is 0 Å². The number of azo groups is 1. The van der Waals surface area contributed by atoms with E-state index >= 15 is 0 Å². The van der Waals surface area contributed by atoms with Crippen LogP contribution in [0.1, 0.15) is 24.3 Å². The summed E-state index contributed by atoms with van der Waals surface area (Å²) in [7, 11) is 0. The molecule has 1 aliphatic rings. The van der Waals surface area contributed by atoms with Crippen LogP contribution in [0.15, 0.2) is 39.9 Å². The first-order valence-electron chi connectivity index (χ1n) is 5.67. The highest BCUT2D eigenvalue weighted by atomic mass is 32.1. The van der Waals surface area contributed by atoms with Gasteiger partial charge in [0.1, 0.15) is 0 Å². The number of rotatable bonds is 4. The van der Waals surface area contributed by atoms with E-state index < -0.39 is 11.9 Å². The van der Waals surface area contributed by atoms with Crippen LogP contribution in [-0.4, -0.2) is 17.9 Å². The molecule has 1 aliphatic heterocycles. The molecule has 2 rings (SSSR count). The Bertz CT molecular complexity index is 477. The maximum atomic E-state index is 11.9. The zero-order chi connectivity index (χ0) is 13.0. The first-order chi connectivity index (χ1) is 8.70. The Hall–Kier alpha value is -1.82. The summed E-state index contributed by atoms with van der Waals surface area (Å²) in [5, 5.41) is 11.9. The second kappa shape index (κ2) is 5.68. The van der Waals surface area contributed by atoms with E-state index in [0.717, 1.165) is 11.3 Å². The van der Waals surface area contributed by atoms with Gasteiger partial charge in [0.15, 0.2) is 6.04 Å². The molecule has 2 heterocycles. The molecule has 0 fully saturated rings. The lowest BCUT2D eigenvalue weighted by atomic mass is 10.1. The lowest BCUT2D eigenvalue weighted by molar-refractivity contribution is -0.122. The molecule has 94 valence electrons. The molecule has 0 saturated heterocycles. The van der Waals surface area contributed by atoms with Crippen LogP contribution < -0.4 is 5.32 Å². The standard InChI is InChI=1S/C12H13N3O2S/c1-2-8(10-4-3-7-18-10)13-12(17)9-5-6-11(16)15-14-9/h3-9H,2H2,1H3,(H,13,17). The average Bonchev–Trinajstić information content (AvgIpc) is 2.90. The SMILES string of the molecule is CCC(NC(=O)C1C=CC(=O)N=N1)c1cccs1. The van der Waals surface area contributed by atoms with Crippen LogP contribution in [0, 0.1) is 0 Å². The van der Waals surface area contributed by atoms with E-state index in [0.29, 0.717) is 0 Å². The van der Waals surface area contributed by atoms with Gasteiger partial charge in [-0.05, 0) is 23.9 Å². The fourth-order valence-electron chi connectivity index (χ4n) is 1.63. The smallest absolute Gasteiger partial charge is 0.287 e. The molecule has 2 unspecified atom stereocenters. The third kappa shape index (κ3) is 2.89. The molecule has 0 saturated carbocycles. The minimum absolute atomic E-state index is 0.0151. The van der Waals surface area contributed by atoms with Gasteiger partial charge in [0.05, 0.1) is 6.04 Å². The van der Waals surface area contributed by atoms with Crippen molar-refractivity contribution >= 4 is 23.2 Å². The Morgan fingerprint density at radius 1 is 1.61 bits per heavy atom. The van der Waals surface area contributed by atoms with Crippen molar-refractivity contribution in [3.63, 3.8) is 0 Å². The van der Waals surface area contributed by atoms with Gasteiger partial charge in [0.25, 0.3) is 11.8 Å². The van der Waals surface area contributed by atoms with E-state index in [-0.39, 0.29) is 11.9 Å². The van der Waals surface area contributed by atoms with Crippen molar-refractivity contribution in [2.75, 3.05) is 0 Å². The second-order valence-corrected chi connectivity index (χ2v) is 4.82. The zero-order valence-corrected chi connectivity index (χ0v) is 10.7. The van der Waals surface area contributed by atoms with E-state index in [1.807, 2.05) is 24.4 Å². The van der Waals surface area contributed by atoms with Gasteiger partial charge in [-0.3, -0.25) is 9.59 Å². The predicted molar refractivity (Wildman–Crippen MR) is 68.3 cm³/mol. The topological polar surface area (TPSA) is 70.9 Å². The van der Waals surface area contributed by atoms with Gasteiger partial charge in [0, 0.05) is 11.0 Å². The molecule has 2 amide bonds. The van der Waals surface area contributed by atoms with Crippen LogP contribution in [0.3, 0.4) is 0 Å². The molecule has 1 aromatic rings. The Morgan fingerprint density at radius 2 is 2.44 bits per heavy atom. The van der Waals surface area contributed by atoms with Crippen LogP contribution in [0.2, 0.25) is 0 Å². The minimum Gasteiger partial charge on any atom is -0.346 e. The molecule has 0 spiro atoms. The minimum atomic E-state index is -0.697. The quantitative estimate of drug-likeness (QED) is 0.904. The van der Waals surface area contributed by atoms with Crippen molar-refractivity contribution in [3.8, 4) is 0 Å². The first-order valence-corrected chi connectivity index (χ1v) is 6.55. The van der Waals surface area contributed by atoms with Crippen LogP contribution in [-0.2, 0) is 9.59 Å². The number of carbonyl (C=O) groups excluding carboxylic acids is 2. The largest absolute Gasteiger partial charge is 0.346 e. The van der Waals surface area contributed by atoms with E-state index in [4.69, 9.17) is 0 Å². The predicted octanol–water partition coefficient (Wildman–Crippen LogP) is 2.23. The third-order valence-corrected chi connectivity index (χ3v) is 3.57. The number of hydrogen-bond donors (Lipinski definition) is 1. The molecule has 18 heavy (non-hydrogen) atoms. The van der Waals surface area contributed by atoms with E-state index in [2.05, 4.69) is 15.5 Å². The lowest BCUT2D eigenvalue weighted by Gasteiger charge is -2.17. The summed E-state index contributed by atoms with van der Waals surface area (Å²) >= 11 is 1.60. The third-order valence-electron chi connectivity index (χ3n) is 2.58. The van der Waals surface area contributed by atoms with Crippen LogP contribution in [0.25, 0.3) is 0 Å². The number of thiophene rings is 1.